The largest absolute Gasteiger partial charge is 0.505 e. The van der Waals surface area contributed by atoms with Crippen LogP contribution in [0.25, 0.3) is 0 Å². The molecule has 0 unspecified atom stereocenters. The number of nitrogens with two attached hydrogens (primary N) is 1. The zero-order chi connectivity index (χ0) is 8.97. The molecule has 0 aliphatic carbocycles. The van der Waals surface area contributed by atoms with Crippen molar-refractivity contribution in [3.8, 4) is 5.75 Å². The molecule has 0 fully saturated rings. The molecule has 0 aliphatic heterocycles. The molecular formula is C9H12FNO. The van der Waals surface area contributed by atoms with E-state index < -0.39 is 5.82 Å². The van der Waals surface area contributed by atoms with Gasteiger partial charge in [-0.05, 0) is 31.0 Å². The first-order valence-corrected chi connectivity index (χ1v) is 3.92. The number of benzene rings is 1. The third-order valence-electron chi connectivity index (χ3n) is 1.72. The number of para-hydroxylation sites is 1. The zero-order valence-electron chi connectivity index (χ0n) is 6.76. The molecule has 0 amide bonds. The summed E-state index contributed by atoms with van der Waals surface area (Å²) in [5.41, 5.74) is 5.91. The smallest absolute Gasteiger partial charge is 0.165 e. The topological polar surface area (TPSA) is 46.2 Å². The van der Waals surface area contributed by atoms with Crippen molar-refractivity contribution in [2.24, 2.45) is 5.73 Å². The Kier molecular flexibility index (Phi) is 3.05. The van der Waals surface area contributed by atoms with Crippen LogP contribution in [0.5, 0.6) is 5.75 Å². The van der Waals surface area contributed by atoms with Gasteiger partial charge in [-0.25, -0.2) is 4.39 Å². The van der Waals surface area contributed by atoms with Crippen molar-refractivity contribution in [3.63, 3.8) is 0 Å². The predicted molar refractivity (Wildman–Crippen MR) is 45.4 cm³/mol. The molecule has 0 aliphatic rings. The molecule has 1 aromatic rings. The van der Waals surface area contributed by atoms with Gasteiger partial charge in [0.2, 0.25) is 0 Å². The van der Waals surface area contributed by atoms with E-state index in [9.17, 15) is 9.50 Å². The molecule has 0 radical (unpaired) electrons. The molecule has 12 heavy (non-hydrogen) atoms. The van der Waals surface area contributed by atoms with Gasteiger partial charge in [-0.15, -0.1) is 0 Å². The molecule has 1 rings (SSSR count). The van der Waals surface area contributed by atoms with Gasteiger partial charge >= 0.3 is 0 Å². The standard InChI is InChI=1S/C9H12FNO/c10-8-5-1-3-7(9(8)12)4-2-6-11/h1,3,5,12H,2,4,6,11H2. The van der Waals surface area contributed by atoms with Gasteiger partial charge < -0.3 is 10.8 Å². The number of hydrogen-bond donors (Lipinski definition) is 2. The second kappa shape index (κ2) is 4.07. The van der Waals surface area contributed by atoms with E-state index in [1.807, 2.05) is 0 Å². The zero-order valence-corrected chi connectivity index (χ0v) is 6.76. The van der Waals surface area contributed by atoms with E-state index in [0.717, 1.165) is 6.42 Å². The number of aryl methyl sites for hydroxylation is 1. The molecule has 0 atom stereocenters. The van der Waals surface area contributed by atoms with Crippen molar-refractivity contribution >= 4 is 0 Å². The second-order valence-corrected chi connectivity index (χ2v) is 2.64. The molecule has 0 saturated heterocycles. The maximum Gasteiger partial charge on any atom is 0.165 e. The molecule has 3 heteroatoms. The van der Waals surface area contributed by atoms with Gasteiger partial charge in [0, 0.05) is 0 Å². The summed E-state index contributed by atoms with van der Waals surface area (Å²) in [5, 5.41) is 9.21. The number of phenols is 1. The SMILES string of the molecule is NCCCc1cccc(F)c1O. The van der Waals surface area contributed by atoms with Crippen LogP contribution < -0.4 is 5.73 Å². The van der Waals surface area contributed by atoms with Crippen LogP contribution in [-0.2, 0) is 6.42 Å². The fraction of sp³-hybridized carbons (Fsp3) is 0.333. The average Bonchev–Trinajstić information content (AvgIpc) is 2.08. The quantitative estimate of drug-likeness (QED) is 0.718. The monoisotopic (exact) mass is 169 g/mol. The van der Waals surface area contributed by atoms with Crippen LogP contribution in [0.4, 0.5) is 4.39 Å². The number of phenolic OH excluding ortho intramolecular Hbond substituents is 1. The molecule has 0 bridgehead atoms. The summed E-state index contributed by atoms with van der Waals surface area (Å²) in [6.45, 7) is 0.552. The average molecular weight is 169 g/mol. The van der Waals surface area contributed by atoms with E-state index in [1.165, 1.54) is 6.07 Å². The van der Waals surface area contributed by atoms with Crippen molar-refractivity contribution in [1.82, 2.24) is 0 Å². The Morgan fingerprint density at radius 2 is 2.17 bits per heavy atom. The van der Waals surface area contributed by atoms with Crippen LogP contribution in [0, 0.1) is 5.82 Å². The van der Waals surface area contributed by atoms with Crippen LogP contribution in [0.2, 0.25) is 0 Å². The Morgan fingerprint density at radius 1 is 1.42 bits per heavy atom. The van der Waals surface area contributed by atoms with Gasteiger partial charge in [-0.1, -0.05) is 12.1 Å². The van der Waals surface area contributed by atoms with Crippen LogP contribution >= 0.6 is 0 Å². The highest BCUT2D eigenvalue weighted by Gasteiger charge is 2.04. The fourth-order valence-corrected chi connectivity index (χ4v) is 1.05. The van der Waals surface area contributed by atoms with Gasteiger partial charge in [0.05, 0.1) is 0 Å². The minimum Gasteiger partial charge on any atom is -0.505 e. The van der Waals surface area contributed by atoms with E-state index in [0.29, 0.717) is 18.5 Å². The summed E-state index contributed by atoms with van der Waals surface area (Å²) in [4.78, 5) is 0. The van der Waals surface area contributed by atoms with E-state index >= 15 is 0 Å². The minimum absolute atomic E-state index is 0.244. The van der Waals surface area contributed by atoms with Crippen molar-refractivity contribution in [2.45, 2.75) is 12.8 Å². The first-order chi connectivity index (χ1) is 5.75. The van der Waals surface area contributed by atoms with Crippen LogP contribution in [-0.4, -0.2) is 11.7 Å². The molecule has 0 saturated carbocycles. The fourth-order valence-electron chi connectivity index (χ4n) is 1.05. The highest BCUT2D eigenvalue weighted by Crippen LogP contribution is 2.21. The van der Waals surface area contributed by atoms with Crippen LogP contribution in [0.3, 0.4) is 0 Å². The summed E-state index contributed by atoms with van der Waals surface area (Å²) >= 11 is 0. The molecule has 3 N–H and O–H groups in total. The van der Waals surface area contributed by atoms with Crippen molar-refractivity contribution in [2.75, 3.05) is 6.54 Å². The summed E-state index contributed by atoms with van der Waals surface area (Å²) in [5.74, 6) is -0.810. The minimum atomic E-state index is -0.565. The van der Waals surface area contributed by atoms with E-state index in [-0.39, 0.29) is 5.75 Å². The normalized spacial score (nSPS) is 10.2. The second-order valence-electron chi connectivity index (χ2n) is 2.64. The highest BCUT2D eigenvalue weighted by atomic mass is 19.1. The molecule has 0 spiro atoms. The Balaban J connectivity index is 2.78. The predicted octanol–water partition coefficient (Wildman–Crippen LogP) is 1.42. The van der Waals surface area contributed by atoms with E-state index in [1.54, 1.807) is 12.1 Å². The van der Waals surface area contributed by atoms with E-state index in [2.05, 4.69) is 0 Å². The van der Waals surface area contributed by atoms with Gasteiger partial charge in [-0.2, -0.15) is 0 Å². The first kappa shape index (κ1) is 9.00. The van der Waals surface area contributed by atoms with Crippen molar-refractivity contribution < 1.29 is 9.50 Å². The number of hydrogen-bond acceptors (Lipinski definition) is 2. The third-order valence-corrected chi connectivity index (χ3v) is 1.72. The Labute approximate surface area is 70.8 Å². The summed E-state index contributed by atoms with van der Waals surface area (Å²) in [7, 11) is 0. The van der Waals surface area contributed by atoms with Gasteiger partial charge in [-0.3, -0.25) is 0 Å². The lowest BCUT2D eigenvalue weighted by Gasteiger charge is -2.03. The Bertz CT molecular complexity index is 263. The third kappa shape index (κ3) is 1.95. The summed E-state index contributed by atoms with van der Waals surface area (Å²) < 4.78 is 12.7. The first-order valence-electron chi connectivity index (χ1n) is 3.92. The maximum atomic E-state index is 12.7. The highest BCUT2D eigenvalue weighted by molar-refractivity contribution is 5.33. The molecular weight excluding hydrogens is 157 g/mol. The van der Waals surface area contributed by atoms with Gasteiger partial charge in [0.1, 0.15) is 0 Å². The van der Waals surface area contributed by atoms with Crippen molar-refractivity contribution in [3.05, 3.63) is 29.6 Å². The van der Waals surface area contributed by atoms with E-state index in [4.69, 9.17) is 5.73 Å². The lowest BCUT2D eigenvalue weighted by atomic mass is 10.1. The Morgan fingerprint density at radius 3 is 2.83 bits per heavy atom. The van der Waals surface area contributed by atoms with Crippen molar-refractivity contribution in [1.29, 1.82) is 0 Å². The lowest BCUT2D eigenvalue weighted by molar-refractivity contribution is 0.425. The maximum absolute atomic E-state index is 12.7. The molecule has 2 nitrogen and oxygen atoms in total. The molecule has 0 aromatic heterocycles. The summed E-state index contributed by atoms with van der Waals surface area (Å²) in [6.07, 6.45) is 1.39. The lowest BCUT2D eigenvalue weighted by Crippen LogP contribution is -2.00. The Hall–Kier alpha value is -1.09. The van der Waals surface area contributed by atoms with Crippen LogP contribution in [0.15, 0.2) is 18.2 Å². The molecule has 1 aromatic carbocycles. The van der Waals surface area contributed by atoms with Gasteiger partial charge in [0.15, 0.2) is 11.6 Å². The summed E-state index contributed by atoms with van der Waals surface area (Å²) in [6, 6.07) is 4.52. The number of halogens is 1. The molecule has 0 heterocycles. The van der Waals surface area contributed by atoms with Gasteiger partial charge in [0.25, 0.3) is 0 Å². The number of rotatable bonds is 3. The molecule has 66 valence electrons. The number of aromatic hydroxyl groups is 1. The van der Waals surface area contributed by atoms with Crippen LogP contribution in [0.1, 0.15) is 12.0 Å².